The molecule has 0 saturated carbocycles. The zero-order chi connectivity index (χ0) is 9.12. The van der Waals surface area contributed by atoms with E-state index in [4.69, 9.17) is 0 Å². The smallest absolute Gasteiger partial charge is 0.218 e. The maximum absolute atomic E-state index is 10.1. The second-order valence-electron chi connectivity index (χ2n) is 3.00. The zero-order valence-electron chi connectivity index (χ0n) is 7.96. The summed E-state index contributed by atoms with van der Waals surface area (Å²) in [6, 6.07) is 0. The van der Waals surface area contributed by atoms with E-state index in [0.717, 1.165) is 6.42 Å². The molecule has 0 bridgehead atoms. The SMILES string of the molecule is CCCC(C)(C)OS(=O)(=O)[O-].[NH4+]. The number of rotatable bonds is 4. The van der Waals surface area contributed by atoms with E-state index in [1.807, 2.05) is 6.92 Å². The van der Waals surface area contributed by atoms with Crippen LogP contribution in [-0.2, 0) is 14.6 Å². The minimum absolute atomic E-state index is 0. The summed E-state index contributed by atoms with van der Waals surface area (Å²) < 4.78 is 34.7. The summed E-state index contributed by atoms with van der Waals surface area (Å²) in [5, 5.41) is 0. The molecule has 0 aliphatic heterocycles. The molecule has 0 aliphatic rings. The van der Waals surface area contributed by atoms with Crippen molar-refractivity contribution in [3.05, 3.63) is 0 Å². The summed E-state index contributed by atoms with van der Waals surface area (Å²) in [6.07, 6.45) is 1.33. The Morgan fingerprint density at radius 2 is 1.83 bits per heavy atom. The van der Waals surface area contributed by atoms with E-state index in [2.05, 4.69) is 4.18 Å². The molecule has 6 heteroatoms. The second-order valence-corrected chi connectivity index (χ2v) is 3.98. The lowest BCUT2D eigenvalue weighted by Gasteiger charge is -2.25. The van der Waals surface area contributed by atoms with E-state index in [-0.39, 0.29) is 6.15 Å². The molecule has 0 atom stereocenters. The molecule has 5 nitrogen and oxygen atoms in total. The molecule has 0 aliphatic carbocycles. The maximum Gasteiger partial charge on any atom is 0.218 e. The van der Waals surface area contributed by atoms with Gasteiger partial charge in [-0.3, -0.25) is 4.18 Å². The molecule has 0 aromatic carbocycles. The first-order valence-electron chi connectivity index (χ1n) is 3.43. The fraction of sp³-hybridized carbons (Fsp3) is 1.00. The molecule has 0 fully saturated rings. The summed E-state index contributed by atoms with van der Waals surface area (Å²) in [6.45, 7) is 5.04. The first-order chi connectivity index (χ1) is 4.77. The molecule has 0 heterocycles. The van der Waals surface area contributed by atoms with Gasteiger partial charge in [-0.25, -0.2) is 8.42 Å². The fourth-order valence-corrected chi connectivity index (χ4v) is 1.56. The van der Waals surface area contributed by atoms with Crippen molar-refractivity contribution in [1.29, 1.82) is 0 Å². The molecular weight excluding hydrogens is 182 g/mol. The normalized spacial score (nSPS) is 12.3. The molecule has 0 radical (unpaired) electrons. The summed E-state index contributed by atoms with van der Waals surface area (Å²) in [7, 11) is -4.55. The molecule has 0 aromatic rings. The Bertz CT molecular complexity index is 210. The summed E-state index contributed by atoms with van der Waals surface area (Å²) >= 11 is 0. The Balaban J connectivity index is 0. The van der Waals surface area contributed by atoms with Crippen molar-refractivity contribution in [3.8, 4) is 0 Å². The summed E-state index contributed by atoms with van der Waals surface area (Å²) in [4.78, 5) is 0. The van der Waals surface area contributed by atoms with Crippen LogP contribution in [0.2, 0.25) is 0 Å². The largest absolute Gasteiger partial charge is 0.726 e. The van der Waals surface area contributed by atoms with E-state index in [9.17, 15) is 13.0 Å². The van der Waals surface area contributed by atoms with Crippen LogP contribution in [0.5, 0.6) is 0 Å². The zero-order valence-corrected chi connectivity index (χ0v) is 8.77. The molecular formula is C6H17NO4S. The lowest BCUT2D eigenvalue weighted by Crippen LogP contribution is -2.27. The van der Waals surface area contributed by atoms with Crippen molar-refractivity contribution in [1.82, 2.24) is 6.15 Å². The van der Waals surface area contributed by atoms with Gasteiger partial charge in [0.05, 0.1) is 5.60 Å². The fourth-order valence-electron chi connectivity index (χ4n) is 0.920. The third kappa shape index (κ3) is 7.93. The van der Waals surface area contributed by atoms with Gasteiger partial charge in [-0.05, 0) is 20.3 Å². The van der Waals surface area contributed by atoms with Crippen LogP contribution < -0.4 is 6.15 Å². The van der Waals surface area contributed by atoms with Crippen molar-refractivity contribution in [2.45, 2.75) is 39.2 Å². The molecule has 0 amide bonds. The Morgan fingerprint density at radius 3 is 2.08 bits per heavy atom. The minimum Gasteiger partial charge on any atom is -0.726 e. The molecule has 12 heavy (non-hydrogen) atoms. The van der Waals surface area contributed by atoms with Crippen LogP contribution in [0, 0.1) is 0 Å². The second kappa shape index (κ2) is 4.76. The average Bonchev–Trinajstić information content (AvgIpc) is 1.55. The van der Waals surface area contributed by atoms with Crippen molar-refractivity contribution >= 4 is 10.4 Å². The van der Waals surface area contributed by atoms with E-state index < -0.39 is 16.0 Å². The Labute approximate surface area is 73.7 Å². The quantitative estimate of drug-likeness (QED) is 0.546. The first kappa shape index (κ1) is 14.4. The number of hydrogen-bond acceptors (Lipinski definition) is 4. The summed E-state index contributed by atoms with van der Waals surface area (Å²) in [5.41, 5.74) is -0.866. The van der Waals surface area contributed by atoms with E-state index in [1.165, 1.54) is 0 Å². The lowest BCUT2D eigenvalue weighted by molar-refractivity contribution is 0.0879. The van der Waals surface area contributed by atoms with Crippen LogP contribution in [-0.4, -0.2) is 18.6 Å². The highest BCUT2D eigenvalue weighted by molar-refractivity contribution is 7.80. The number of hydrogen-bond donors (Lipinski definition) is 1. The van der Waals surface area contributed by atoms with Crippen molar-refractivity contribution in [2.24, 2.45) is 0 Å². The van der Waals surface area contributed by atoms with Crippen molar-refractivity contribution < 1.29 is 17.2 Å². The highest BCUT2D eigenvalue weighted by Crippen LogP contribution is 2.18. The molecule has 4 N–H and O–H groups in total. The van der Waals surface area contributed by atoms with Crippen molar-refractivity contribution in [3.63, 3.8) is 0 Å². The summed E-state index contributed by atoms with van der Waals surface area (Å²) in [5.74, 6) is 0. The third-order valence-corrected chi connectivity index (χ3v) is 1.84. The van der Waals surface area contributed by atoms with Crippen molar-refractivity contribution in [2.75, 3.05) is 0 Å². The lowest BCUT2D eigenvalue weighted by atomic mass is 10.0. The van der Waals surface area contributed by atoms with Crippen LogP contribution in [0.4, 0.5) is 0 Å². The maximum atomic E-state index is 10.1. The first-order valence-corrected chi connectivity index (χ1v) is 4.76. The van der Waals surface area contributed by atoms with Gasteiger partial charge in [0.2, 0.25) is 10.4 Å². The van der Waals surface area contributed by atoms with Crippen LogP contribution in [0.15, 0.2) is 0 Å². The van der Waals surface area contributed by atoms with Gasteiger partial charge in [-0.1, -0.05) is 13.3 Å². The van der Waals surface area contributed by atoms with Gasteiger partial charge in [0.1, 0.15) is 0 Å². The molecule has 0 rings (SSSR count). The van der Waals surface area contributed by atoms with Crippen LogP contribution in [0.3, 0.4) is 0 Å². The van der Waals surface area contributed by atoms with Gasteiger partial charge in [-0.2, -0.15) is 0 Å². The molecule has 0 unspecified atom stereocenters. The Kier molecular flexibility index (Phi) is 5.69. The van der Waals surface area contributed by atoms with Gasteiger partial charge in [0, 0.05) is 0 Å². The topological polar surface area (TPSA) is 103 Å². The molecule has 0 saturated heterocycles. The Hall–Kier alpha value is -0.170. The average molecular weight is 199 g/mol. The Morgan fingerprint density at radius 1 is 1.42 bits per heavy atom. The van der Waals surface area contributed by atoms with Gasteiger partial charge < -0.3 is 10.7 Å². The van der Waals surface area contributed by atoms with E-state index in [0.29, 0.717) is 6.42 Å². The van der Waals surface area contributed by atoms with E-state index >= 15 is 0 Å². The van der Waals surface area contributed by atoms with Gasteiger partial charge in [0.25, 0.3) is 0 Å². The third-order valence-electron chi connectivity index (χ3n) is 1.18. The highest BCUT2D eigenvalue weighted by atomic mass is 32.3. The minimum atomic E-state index is -4.55. The van der Waals surface area contributed by atoms with Crippen LogP contribution in [0.25, 0.3) is 0 Å². The van der Waals surface area contributed by atoms with Gasteiger partial charge in [-0.15, -0.1) is 0 Å². The molecule has 0 aromatic heterocycles. The van der Waals surface area contributed by atoms with Crippen LogP contribution in [0.1, 0.15) is 33.6 Å². The molecule has 76 valence electrons. The van der Waals surface area contributed by atoms with Gasteiger partial charge >= 0.3 is 0 Å². The van der Waals surface area contributed by atoms with Gasteiger partial charge in [0.15, 0.2) is 0 Å². The van der Waals surface area contributed by atoms with Crippen LogP contribution >= 0.6 is 0 Å². The highest BCUT2D eigenvalue weighted by Gasteiger charge is 2.20. The molecule has 0 spiro atoms. The predicted molar refractivity (Wildman–Crippen MR) is 45.8 cm³/mol. The number of quaternary nitrogens is 1. The van der Waals surface area contributed by atoms with E-state index in [1.54, 1.807) is 13.8 Å². The predicted octanol–water partition coefficient (Wildman–Crippen LogP) is 1.42. The monoisotopic (exact) mass is 199 g/mol. The standard InChI is InChI=1S/C6H14O4S.H3N/c1-4-5-6(2,3)10-11(7,8)9;/h4-5H2,1-3H3,(H,7,8,9);1H3.